The van der Waals surface area contributed by atoms with Crippen molar-refractivity contribution >= 4 is 46.2 Å². The molecule has 0 atom stereocenters. The maximum absolute atomic E-state index is 12.5. The van der Waals surface area contributed by atoms with E-state index in [9.17, 15) is 10.1 Å². The third kappa shape index (κ3) is 4.63. The number of nitrogens with zero attached hydrogens (tertiary/aromatic N) is 4. The van der Waals surface area contributed by atoms with E-state index in [0.29, 0.717) is 22.3 Å². The average Bonchev–Trinajstić information content (AvgIpc) is 3.26. The molecule has 0 spiro atoms. The van der Waals surface area contributed by atoms with Crippen LogP contribution in [0.3, 0.4) is 0 Å². The Labute approximate surface area is 189 Å². The summed E-state index contributed by atoms with van der Waals surface area (Å²) < 4.78 is 5.16. The molecule has 1 amide bonds. The summed E-state index contributed by atoms with van der Waals surface area (Å²) in [7, 11) is 1.60. The largest absolute Gasteiger partial charge is 0.497 e. The number of benzene rings is 3. The fourth-order valence-electron chi connectivity index (χ4n) is 3.04. The number of methoxy groups -OCH3 is 1. The SMILES string of the molecule is COc1ccc(/C=C(\C#N)n2nc3ccc(NC(=O)c4ccc(SC)cc4)cc3n2)cc1. The van der Waals surface area contributed by atoms with Crippen molar-refractivity contribution in [2.45, 2.75) is 4.90 Å². The van der Waals surface area contributed by atoms with Gasteiger partial charge < -0.3 is 10.1 Å². The smallest absolute Gasteiger partial charge is 0.255 e. The van der Waals surface area contributed by atoms with Crippen LogP contribution in [0.1, 0.15) is 15.9 Å². The number of nitrogens with one attached hydrogen (secondary N) is 1. The highest BCUT2D eigenvalue weighted by molar-refractivity contribution is 7.98. The van der Waals surface area contributed by atoms with Crippen molar-refractivity contribution in [1.29, 1.82) is 5.26 Å². The topological polar surface area (TPSA) is 92.8 Å². The predicted octanol–water partition coefficient (Wildman–Crippen LogP) is 4.94. The van der Waals surface area contributed by atoms with Crippen molar-refractivity contribution < 1.29 is 9.53 Å². The summed E-state index contributed by atoms with van der Waals surface area (Å²) >= 11 is 1.62. The number of allylic oxidation sites excluding steroid dienone is 1. The predicted molar refractivity (Wildman–Crippen MR) is 126 cm³/mol. The van der Waals surface area contributed by atoms with Crippen molar-refractivity contribution in [3.8, 4) is 11.8 Å². The van der Waals surface area contributed by atoms with E-state index in [1.54, 1.807) is 55.3 Å². The molecule has 1 N–H and O–H groups in total. The van der Waals surface area contributed by atoms with Crippen LogP contribution in [0, 0.1) is 11.3 Å². The maximum Gasteiger partial charge on any atom is 0.255 e. The van der Waals surface area contributed by atoms with Crippen LogP contribution in [-0.4, -0.2) is 34.3 Å². The zero-order chi connectivity index (χ0) is 22.5. The molecule has 7 nitrogen and oxygen atoms in total. The Balaban J connectivity index is 1.56. The number of hydrogen-bond donors (Lipinski definition) is 1. The minimum atomic E-state index is -0.207. The third-order valence-electron chi connectivity index (χ3n) is 4.74. The second kappa shape index (κ2) is 9.37. The van der Waals surface area contributed by atoms with E-state index in [1.807, 2.05) is 42.7 Å². The van der Waals surface area contributed by atoms with Crippen molar-refractivity contribution in [2.75, 3.05) is 18.7 Å². The lowest BCUT2D eigenvalue weighted by molar-refractivity contribution is 0.102. The standard InChI is InChI=1S/C24H19N5O2S/c1-31-20-8-3-16(4-9-20)13-19(15-25)29-27-22-12-7-18(14-23(22)28-29)26-24(30)17-5-10-21(32-2)11-6-17/h3-14H,1-2H3,(H,26,30)/b19-13+. The molecule has 3 aromatic carbocycles. The molecule has 0 saturated heterocycles. The van der Waals surface area contributed by atoms with Crippen LogP contribution in [0.2, 0.25) is 0 Å². The molecule has 32 heavy (non-hydrogen) atoms. The molecular formula is C24H19N5O2S. The molecule has 0 unspecified atom stereocenters. The number of fused-ring (bicyclic) bond motifs is 1. The maximum atomic E-state index is 12.5. The van der Waals surface area contributed by atoms with E-state index < -0.39 is 0 Å². The summed E-state index contributed by atoms with van der Waals surface area (Å²) in [5, 5.41) is 21.3. The monoisotopic (exact) mass is 441 g/mol. The molecule has 0 aliphatic carbocycles. The normalized spacial score (nSPS) is 11.2. The minimum absolute atomic E-state index is 0.207. The molecule has 0 aliphatic rings. The van der Waals surface area contributed by atoms with Gasteiger partial charge >= 0.3 is 0 Å². The summed E-state index contributed by atoms with van der Waals surface area (Å²) in [5.74, 6) is 0.528. The Bertz CT molecular complexity index is 1340. The number of hydrogen-bond acceptors (Lipinski definition) is 6. The number of anilines is 1. The van der Waals surface area contributed by atoms with E-state index >= 15 is 0 Å². The second-order valence-electron chi connectivity index (χ2n) is 6.79. The van der Waals surface area contributed by atoms with Crippen molar-refractivity contribution in [1.82, 2.24) is 15.0 Å². The van der Waals surface area contributed by atoms with Crippen LogP contribution < -0.4 is 10.1 Å². The van der Waals surface area contributed by atoms with Gasteiger partial charge in [0.05, 0.1) is 7.11 Å². The van der Waals surface area contributed by atoms with E-state index in [2.05, 4.69) is 21.6 Å². The zero-order valence-corrected chi connectivity index (χ0v) is 18.3. The molecule has 0 fully saturated rings. The summed E-state index contributed by atoms with van der Waals surface area (Å²) in [6.45, 7) is 0. The number of carbonyl (C=O) groups is 1. The highest BCUT2D eigenvalue weighted by atomic mass is 32.2. The van der Waals surface area contributed by atoms with E-state index in [-0.39, 0.29) is 11.6 Å². The molecule has 0 bridgehead atoms. The molecule has 8 heteroatoms. The van der Waals surface area contributed by atoms with Crippen LogP contribution >= 0.6 is 11.8 Å². The first-order chi connectivity index (χ1) is 15.6. The fraction of sp³-hybridized carbons (Fsp3) is 0.0833. The molecule has 4 rings (SSSR count). The van der Waals surface area contributed by atoms with Crippen LogP contribution in [-0.2, 0) is 0 Å². The van der Waals surface area contributed by atoms with Gasteiger partial charge in [0.25, 0.3) is 5.91 Å². The number of aromatic nitrogens is 3. The molecule has 1 heterocycles. The molecule has 0 radical (unpaired) electrons. The Morgan fingerprint density at radius 1 is 1.06 bits per heavy atom. The van der Waals surface area contributed by atoms with Crippen molar-refractivity contribution in [3.63, 3.8) is 0 Å². The van der Waals surface area contributed by atoms with Gasteiger partial charge in [0, 0.05) is 16.1 Å². The highest BCUT2D eigenvalue weighted by Crippen LogP contribution is 2.20. The molecule has 4 aromatic rings. The number of nitriles is 1. The molecular weight excluding hydrogens is 422 g/mol. The summed E-state index contributed by atoms with van der Waals surface area (Å²) in [4.78, 5) is 14.9. The third-order valence-corrected chi connectivity index (χ3v) is 5.48. The number of carbonyl (C=O) groups excluding carboxylic acids is 1. The van der Waals surface area contributed by atoms with Gasteiger partial charge in [0.2, 0.25) is 0 Å². The van der Waals surface area contributed by atoms with E-state index in [1.165, 1.54) is 4.80 Å². The van der Waals surface area contributed by atoms with E-state index in [4.69, 9.17) is 4.74 Å². The van der Waals surface area contributed by atoms with Gasteiger partial charge in [-0.15, -0.1) is 26.8 Å². The second-order valence-corrected chi connectivity index (χ2v) is 7.67. The molecule has 1 aromatic heterocycles. The van der Waals surface area contributed by atoms with Gasteiger partial charge in [-0.3, -0.25) is 4.79 Å². The summed E-state index contributed by atoms with van der Waals surface area (Å²) in [6.07, 6.45) is 3.68. The Hall–Kier alpha value is -4.09. The lowest BCUT2D eigenvalue weighted by Crippen LogP contribution is -2.11. The Morgan fingerprint density at radius 3 is 2.44 bits per heavy atom. The highest BCUT2D eigenvalue weighted by Gasteiger charge is 2.10. The first-order valence-electron chi connectivity index (χ1n) is 9.68. The van der Waals surface area contributed by atoms with Gasteiger partial charge in [0.15, 0.2) is 5.70 Å². The first kappa shape index (κ1) is 21.2. The van der Waals surface area contributed by atoms with Crippen LogP contribution in [0.15, 0.2) is 71.6 Å². The summed E-state index contributed by atoms with van der Waals surface area (Å²) in [5.41, 5.74) is 3.44. The van der Waals surface area contributed by atoms with Gasteiger partial charge in [-0.05, 0) is 72.5 Å². The Kier molecular flexibility index (Phi) is 6.19. The summed E-state index contributed by atoms with van der Waals surface area (Å²) in [6, 6.07) is 22.1. The van der Waals surface area contributed by atoms with Crippen LogP contribution in [0.5, 0.6) is 5.75 Å². The van der Waals surface area contributed by atoms with Crippen LogP contribution in [0.4, 0.5) is 5.69 Å². The van der Waals surface area contributed by atoms with Crippen LogP contribution in [0.25, 0.3) is 22.8 Å². The number of thioether (sulfide) groups is 1. The van der Waals surface area contributed by atoms with Crippen molar-refractivity contribution in [3.05, 3.63) is 77.9 Å². The molecule has 0 saturated carbocycles. The number of amides is 1. The fourth-order valence-corrected chi connectivity index (χ4v) is 3.45. The quantitative estimate of drug-likeness (QED) is 0.337. The Morgan fingerprint density at radius 2 is 1.78 bits per heavy atom. The van der Waals surface area contributed by atoms with Gasteiger partial charge in [-0.25, -0.2) is 0 Å². The minimum Gasteiger partial charge on any atom is -0.497 e. The van der Waals surface area contributed by atoms with Gasteiger partial charge in [-0.2, -0.15) is 5.26 Å². The first-order valence-corrected chi connectivity index (χ1v) is 10.9. The van der Waals surface area contributed by atoms with Crippen molar-refractivity contribution in [2.24, 2.45) is 0 Å². The zero-order valence-electron chi connectivity index (χ0n) is 17.4. The number of rotatable bonds is 6. The molecule has 0 aliphatic heterocycles. The average molecular weight is 442 g/mol. The number of ether oxygens (including phenoxy) is 1. The van der Waals surface area contributed by atoms with Gasteiger partial charge in [-0.1, -0.05) is 12.1 Å². The molecule has 158 valence electrons. The van der Waals surface area contributed by atoms with E-state index in [0.717, 1.165) is 16.2 Å². The lowest BCUT2D eigenvalue weighted by Gasteiger charge is -2.05. The lowest BCUT2D eigenvalue weighted by atomic mass is 10.2. The van der Waals surface area contributed by atoms with Gasteiger partial charge in [0.1, 0.15) is 22.9 Å².